The largest absolute Gasteiger partial charge is 0.535 e. The number of nitrogens with one attached hydrogen (secondary N) is 1. The third kappa shape index (κ3) is 0.938. The Labute approximate surface area is 48.4 Å². The summed E-state index contributed by atoms with van der Waals surface area (Å²) in [6.45, 7) is 0. The van der Waals surface area contributed by atoms with Gasteiger partial charge < -0.3 is 5.23 Å². The summed E-state index contributed by atoms with van der Waals surface area (Å²) in [5.74, 6) is -1.21. The molecule has 0 aromatic carbocycles. The summed E-state index contributed by atoms with van der Waals surface area (Å²) in [5.41, 5.74) is 0. The van der Waals surface area contributed by atoms with Gasteiger partial charge in [0.2, 0.25) is 11.1 Å². The smallest absolute Gasteiger partial charge is 0.364 e. The van der Waals surface area contributed by atoms with E-state index < -0.39 is 17.5 Å². The van der Waals surface area contributed by atoms with Crippen LogP contribution in [0.15, 0.2) is 11.1 Å². The third-order valence-corrected chi connectivity index (χ3v) is 1.33. The van der Waals surface area contributed by atoms with Gasteiger partial charge in [0, 0.05) is 0 Å². The van der Waals surface area contributed by atoms with Crippen LogP contribution >= 0.6 is 11.6 Å². The van der Waals surface area contributed by atoms with E-state index in [0.717, 1.165) is 0 Å². The molecule has 6 heteroatoms. The molecule has 0 atom stereocenters. The van der Waals surface area contributed by atoms with Gasteiger partial charge in [0.25, 0.3) is 0 Å². The van der Waals surface area contributed by atoms with Gasteiger partial charge in [0.1, 0.15) is 0 Å². The molecule has 0 radical (unpaired) electrons. The number of hydrogen-bond acceptors (Lipinski definition) is 2. The van der Waals surface area contributed by atoms with E-state index in [1.807, 2.05) is 0 Å². The molecule has 0 fully saturated rings. The zero-order valence-corrected chi connectivity index (χ0v) is 4.44. The maximum atomic E-state index is 11.8. The first-order chi connectivity index (χ1) is 3.70. The van der Waals surface area contributed by atoms with Gasteiger partial charge in [0.05, 0.1) is 0 Å². The summed E-state index contributed by atoms with van der Waals surface area (Å²) in [4.78, 5) is 0. The van der Waals surface area contributed by atoms with Crippen LogP contribution in [0.2, 0.25) is 0 Å². The van der Waals surface area contributed by atoms with Gasteiger partial charge in [-0.3, -0.25) is 4.32 Å². The second-order valence-corrected chi connectivity index (χ2v) is 2.17. The molecule has 0 aromatic rings. The highest BCUT2D eigenvalue weighted by molar-refractivity contribution is 8.27. The summed E-state index contributed by atoms with van der Waals surface area (Å²) in [7, 11) is 0. The quantitative estimate of drug-likeness (QED) is 0.401. The predicted molar refractivity (Wildman–Crippen MR) is 26.8 cm³/mol. The minimum Gasteiger partial charge on any atom is -0.364 e. The highest BCUT2D eigenvalue weighted by atomic mass is 32.2. The van der Waals surface area contributed by atoms with Crippen molar-refractivity contribution in [3.05, 3.63) is 11.1 Å². The maximum Gasteiger partial charge on any atom is 0.535 e. The number of hydrogen-bond donors (Lipinski definition) is 1. The lowest BCUT2D eigenvalue weighted by Crippen LogP contribution is -2.17. The second-order valence-electron chi connectivity index (χ2n) is 1.17. The monoisotopic (exact) mass is 139 g/mol. The van der Waals surface area contributed by atoms with Crippen LogP contribution in [0.5, 0.6) is 0 Å². The van der Waals surface area contributed by atoms with Gasteiger partial charge in [-0.2, -0.15) is 8.78 Å². The molecule has 0 unspecified atom stereocenters. The average molecular weight is 139 g/mol. The molecule has 8 heavy (non-hydrogen) atoms. The Morgan fingerprint density at radius 3 is 2.25 bits per heavy atom. The fourth-order valence-corrected chi connectivity index (χ4v) is 0.835. The summed E-state index contributed by atoms with van der Waals surface area (Å²) in [6, 6.07) is 0. The highest BCUT2D eigenvalue weighted by Gasteiger charge is 2.29. The van der Waals surface area contributed by atoms with Gasteiger partial charge in [-0.15, -0.1) is 0 Å². The van der Waals surface area contributed by atoms with Gasteiger partial charge >= 0.3 is 6.40 Å². The predicted octanol–water partition coefficient (Wildman–Crippen LogP) is 1.34. The molecule has 0 saturated carbocycles. The molecule has 1 nitrogen and oxygen atoms in total. The van der Waals surface area contributed by atoms with E-state index in [2.05, 4.69) is 0 Å². The first kappa shape index (κ1) is 5.87. The molecule has 1 aliphatic heterocycles. The Morgan fingerprint density at radius 2 is 2.12 bits per heavy atom. The van der Waals surface area contributed by atoms with Gasteiger partial charge in [-0.05, 0) is 0 Å². The van der Waals surface area contributed by atoms with Crippen LogP contribution in [0.25, 0.3) is 0 Å². The van der Waals surface area contributed by atoms with Crippen LogP contribution in [0, 0.1) is 0 Å². The van der Waals surface area contributed by atoms with E-state index in [-0.39, 0.29) is 11.6 Å². The van der Waals surface area contributed by atoms with E-state index in [1.54, 1.807) is 5.23 Å². The van der Waals surface area contributed by atoms with Gasteiger partial charge in [-0.1, -0.05) is 11.6 Å². The zero-order chi connectivity index (χ0) is 6.15. The Kier molecular flexibility index (Phi) is 1.42. The van der Waals surface area contributed by atoms with Crippen molar-refractivity contribution in [3.8, 4) is 0 Å². The van der Waals surface area contributed by atoms with Gasteiger partial charge in [0.15, 0.2) is 0 Å². The van der Waals surface area contributed by atoms with Crippen LogP contribution in [0.3, 0.4) is 0 Å². The number of halogens is 3. The molecule has 0 bridgehead atoms. The summed E-state index contributed by atoms with van der Waals surface area (Å²) in [6.07, 6.45) is -1.66. The van der Waals surface area contributed by atoms with Crippen LogP contribution in [-0.2, 0) is 0 Å². The Bertz CT molecular complexity index is 123. The Hall–Kier alpha value is -0.255. The van der Waals surface area contributed by atoms with Crippen LogP contribution in [0.4, 0.5) is 13.1 Å². The molecule has 1 rings (SSSR count). The second kappa shape index (κ2) is 1.93. The fourth-order valence-electron chi connectivity index (χ4n) is 0.328. The normalized spacial score (nSPS) is 19.6. The summed E-state index contributed by atoms with van der Waals surface area (Å²) < 4.78 is 35.2. The molecule has 0 aliphatic carbocycles. The third-order valence-electron chi connectivity index (χ3n) is 0.620. The van der Waals surface area contributed by atoms with Gasteiger partial charge in [-0.25, -0.2) is 0 Å². The van der Waals surface area contributed by atoms with Crippen molar-refractivity contribution in [3.63, 3.8) is 0 Å². The van der Waals surface area contributed by atoms with Crippen molar-refractivity contribution in [1.82, 2.24) is 5.23 Å². The van der Waals surface area contributed by atoms with E-state index in [0.29, 0.717) is 0 Å². The Balaban J connectivity index is 2.60. The molecular formula is C2HBF3NS. The molecular weight excluding hydrogens is 138 g/mol. The van der Waals surface area contributed by atoms with Crippen molar-refractivity contribution in [2.75, 3.05) is 0 Å². The first-order valence-corrected chi connectivity index (χ1v) is 2.70. The van der Waals surface area contributed by atoms with E-state index in [1.165, 1.54) is 0 Å². The van der Waals surface area contributed by atoms with Crippen LogP contribution in [0.1, 0.15) is 0 Å². The summed E-state index contributed by atoms with van der Waals surface area (Å²) >= 11 is 0.189. The minimum atomic E-state index is -1.66. The molecule has 1 N–H and O–H groups in total. The lowest BCUT2D eigenvalue weighted by atomic mass is 10.3. The van der Waals surface area contributed by atoms with E-state index >= 15 is 0 Å². The van der Waals surface area contributed by atoms with Crippen molar-refractivity contribution < 1.29 is 13.1 Å². The van der Waals surface area contributed by atoms with Crippen molar-refractivity contribution in [1.29, 1.82) is 0 Å². The first-order valence-electron chi connectivity index (χ1n) is 1.82. The molecule has 0 saturated heterocycles. The minimum absolute atomic E-state index is 0.189. The average Bonchev–Trinajstić information content (AvgIpc) is 1.85. The SMILES string of the molecule is FB1NC(F)=C(F)S1. The molecule has 44 valence electrons. The summed E-state index contributed by atoms with van der Waals surface area (Å²) in [5, 5.41) is 0.487. The molecule has 1 heterocycles. The zero-order valence-electron chi connectivity index (χ0n) is 3.62. The molecule has 0 aromatic heterocycles. The molecule has 0 amide bonds. The number of rotatable bonds is 0. The molecule has 0 spiro atoms. The highest BCUT2D eigenvalue weighted by Crippen LogP contribution is 2.29. The fraction of sp³-hybridized carbons (Fsp3) is 0. The van der Waals surface area contributed by atoms with Crippen molar-refractivity contribution >= 4 is 18.0 Å². The Morgan fingerprint density at radius 1 is 1.50 bits per heavy atom. The maximum absolute atomic E-state index is 11.8. The molecule has 1 aliphatic rings. The van der Waals surface area contributed by atoms with Crippen LogP contribution in [-0.4, -0.2) is 6.40 Å². The lowest BCUT2D eigenvalue weighted by molar-refractivity contribution is 0.545. The lowest BCUT2D eigenvalue weighted by Gasteiger charge is -1.86. The van der Waals surface area contributed by atoms with Crippen LogP contribution < -0.4 is 5.23 Å². The van der Waals surface area contributed by atoms with Crippen molar-refractivity contribution in [2.45, 2.75) is 0 Å². The van der Waals surface area contributed by atoms with Crippen molar-refractivity contribution in [2.24, 2.45) is 0 Å². The van der Waals surface area contributed by atoms with E-state index in [9.17, 15) is 13.1 Å². The standard InChI is InChI=1S/C2HBF3NS/c4-1-2(5)8-3(6)7-1/h7H. The topological polar surface area (TPSA) is 12.0 Å². The van der Waals surface area contributed by atoms with E-state index in [4.69, 9.17) is 0 Å².